The number of nitrogens with zero attached hydrogens (tertiary/aromatic N) is 3. The van der Waals surface area contributed by atoms with Crippen molar-refractivity contribution in [2.24, 2.45) is 0 Å². The van der Waals surface area contributed by atoms with Crippen molar-refractivity contribution in [3.8, 4) is 6.07 Å². The first-order valence-electron chi connectivity index (χ1n) is 2.63. The summed E-state index contributed by atoms with van der Waals surface area (Å²) in [6, 6.07) is 3.14. The Kier molecular flexibility index (Phi) is 1.59. The predicted molar refractivity (Wildman–Crippen MR) is 31.4 cm³/mol. The fourth-order valence-corrected chi connectivity index (χ4v) is 0.590. The third-order valence-electron chi connectivity index (χ3n) is 0.941. The molecule has 0 N–H and O–H groups in total. The molecule has 10 heavy (non-hydrogen) atoms. The van der Waals surface area contributed by atoms with E-state index in [2.05, 4.69) is 9.97 Å². The molecule has 0 bridgehead atoms. The van der Waals surface area contributed by atoms with Gasteiger partial charge in [-0.15, -0.1) is 0 Å². The number of aromatic nitrogens is 2. The Balaban J connectivity index is 3.22. The van der Waals surface area contributed by atoms with E-state index in [1.807, 2.05) is 0 Å². The van der Waals surface area contributed by atoms with Gasteiger partial charge in [-0.05, 0) is 13.0 Å². The van der Waals surface area contributed by atoms with E-state index in [0.717, 1.165) is 0 Å². The van der Waals surface area contributed by atoms with Crippen LogP contribution in [0.15, 0.2) is 6.07 Å². The number of aryl methyl sites for hydroxylation is 1. The molecule has 1 heterocycles. The summed E-state index contributed by atoms with van der Waals surface area (Å²) in [7, 11) is 0. The third-order valence-corrected chi connectivity index (χ3v) is 0.941. The number of rotatable bonds is 0. The molecule has 0 aliphatic carbocycles. The highest BCUT2D eigenvalue weighted by Gasteiger charge is 1.97. The molecule has 0 fully saturated rings. The molecule has 0 radical (unpaired) electrons. The normalized spacial score (nSPS) is 8.90. The summed E-state index contributed by atoms with van der Waals surface area (Å²) in [5.74, 6) is 0. The van der Waals surface area contributed by atoms with Crippen molar-refractivity contribution >= 4 is 0 Å². The number of hydrogen-bond acceptors (Lipinski definition) is 3. The van der Waals surface area contributed by atoms with Gasteiger partial charge in [-0.25, -0.2) is 4.98 Å². The van der Waals surface area contributed by atoms with E-state index in [1.54, 1.807) is 13.0 Å². The lowest BCUT2D eigenvalue weighted by molar-refractivity contribution is 0.533. The van der Waals surface area contributed by atoms with E-state index in [9.17, 15) is 4.39 Å². The van der Waals surface area contributed by atoms with Crippen LogP contribution in [0.2, 0.25) is 0 Å². The molecule has 1 rings (SSSR count). The summed E-state index contributed by atoms with van der Waals surface area (Å²) < 4.78 is 12.2. The van der Waals surface area contributed by atoms with Crippen LogP contribution in [0.25, 0.3) is 0 Å². The zero-order valence-corrected chi connectivity index (χ0v) is 5.30. The Labute approximate surface area is 57.2 Å². The lowest BCUT2D eigenvalue weighted by Gasteiger charge is -1.90. The average Bonchev–Trinajstić information content (AvgIpc) is 1.85. The minimum Gasteiger partial charge on any atom is -0.208 e. The first-order chi connectivity index (χ1) is 4.72. The van der Waals surface area contributed by atoms with Crippen LogP contribution < -0.4 is 0 Å². The van der Waals surface area contributed by atoms with E-state index < -0.39 is 6.08 Å². The molecule has 0 saturated carbocycles. The van der Waals surface area contributed by atoms with Gasteiger partial charge >= 0.3 is 6.08 Å². The van der Waals surface area contributed by atoms with Gasteiger partial charge in [0, 0.05) is 5.69 Å². The van der Waals surface area contributed by atoms with Gasteiger partial charge in [-0.3, -0.25) is 0 Å². The fourth-order valence-electron chi connectivity index (χ4n) is 0.590. The van der Waals surface area contributed by atoms with Crippen LogP contribution in [-0.2, 0) is 0 Å². The zero-order valence-electron chi connectivity index (χ0n) is 5.30. The summed E-state index contributed by atoms with van der Waals surface area (Å²) >= 11 is 0. The minimum absolute atomic E-state index is 0.0602. The van der Waals surface area contributed by atoms with E-state index in [-0.39, 0.29) is 5.69 Å². The lowest BCUT2D eigenvalue weighted by atomic mass is 10.4. The van der Waals surface area contributed by atoms with Gasteiger partial charge < -0.3 is 0 Å². The second-order valence-corrected chi connectivity index (χ2v) is 1.78. The van der Waals surface area contributed by atoms with Crippen LogP contribution in [0.4, 0.5) is 4.39 Å². The van der Waals surface area contributed by atoms with E-state index >= 15 is 0 Å². The third kappa shape index (κ3) is 1.26. The van der Waals surface area contributed by atoms with E-state index in [1.165, 1.54) is 6.07 Å². The molecule has 4 heteroatoms. The van der Waals surface area contributed by atoms with Gasteiger partial charge in [0.2, 0.25) is 0 Å². The van der Waals surface area contributed by atoms with Crippen LogP contribution in [-0.4, -0.2) is 9.97 Å². The van der Waals surface area contributed by atoms with Crippen LogP contribution in [0.3, 0.4) is 0 Å². The van der Waals surface area contributed by atoms with Crippen molar-refractivity contribution in [2.45, 2.75) is 6.92 Å². The van der Waals surface area contributed by atoms with Crippen molar-refractivity contribution in [3.05, 3.63) is 23.5 Å². The van der Waals surface area contributed by atoms with Crippen molar-refractivity contribution in [2.75, 3.05) is 0 Å². The lowest BCUT2D eigenvalue weighted by Crippen LogP contribution is -1.94. The van der Waals surface area contributed by atoms with Crippen molar-refractivity contribution in [1.29, 1.82) is 5.26 Å². The Morgan fingerprint density at radius 1 is 1.60 bits per heavy atom. The zero-order chi connectivity index (χ0) is 7.56. The summed E-state index contributed by atoms with van der Waals surface area (Å²) in [5, 5.41) is 8.28. The summed E-state index contributed by atoms with van der Waals surface area (Å²) in [4.78, 5) is 6.57. The van der Waals surface area contributed by atoms with Crippen LogP contribution >= 0.6 is 0 Å². The monoisotopic (exact) mass is 137 g/mol. The van der Waals surface area contributed by atoms with Gasteiger partial charge in [0.1, 0.15) is 11.8 Å². The topological polar surface area (TPSA) is 49.6 Å². The maximum absolute atomic E-state index is 12.2. The highest BCUT2D eigenvalue weighted by atomic mass is 19.1. The molecule has 0 saturated heterocycles. The largest absolute Gasteiger partial charge is 0.310 e. The first kappa shape index (κ1) is 6.62. The summed E-state index contributed by atoms with van der Waals surface area (Å²) in [6.45, 7) is 1.60. The molecular weight excluding hydrogens is 133 g/mol. The van der Waals surface area contributed by atoms with Gasteiger partial charge in [0.05, 0.1) is 0 Å². The van der Waals surface area contributed by atoms with E-state index in [4.69, 9.17) is 5.26 Å². The molecule has 50 valence electrons. The van der Waals surface area contributed by atoms with Crippen molar-refractivity contribution < 1.29 is 4.39 Å². The molecule has 0 aliphatic rings. The molecule has 0 atom stereocenters. The molecule has 1 aromatic rings. The Morgan fingerprint density at radius 2 is 2.30 bits per heavy atom. The minimum atomic E-state index is -0.850. The molecule has 0 spiro atoms. The molecule has 3 nitrogen and oxygen atoms in total. The summed E-state index contributed by atoms with van der Waals surface area (Å²) in [6.07, 6.45) is -0.850. The Bertz CT molecular complexity index is 269. The van der Waals surface area contributed by atoms with Crippen LogP contribution in [0, 0.1) is 24.3 Å². The highest BCUT2D eigenvalue weighted by molar-refractivity contribution is 5.20. The van der Waals surface area contributed by atoms with Crippen molar-refractivity contribution in [1.82, 2.24) is 9.97 Å². The second kappa shape index (κ2) is 2.40. The van der Waals surface area contributed by atoms with E-state index in [0.29, 0.717) is 5.69 Å². The average molecular weight is 137 g/mol. The van der Waals surface area contributed by atoms with Gasteiger partial charge in [0.15, 0.2) is 0 Å². The van der Waals surface area contributed by atoms with Gasteiger partial charge in [-0.1, -0.05) is 0 Å². The molecule has 0 aromatic carbocycles. The smallest absolute Gasteiger partial charge is 0.208 e. The predicted octanol–water partition coefficient (Wildman–Crippen LogP) is 0.796. The Morgan fingerprint density at radius 3 is 2.80 bits per heavy atom. The number of nitriles is 1. The molecule has 0 aliphatic heterocycles. The standard InChI is InChI=1S/C6H4FN3/c1-4-2-5(3-8)10-6(7)9-4/h2H,1H3. The van der Waals surface area contributed by atoms with Crippen molar-refractivity contribution in [3.63, 3.8) is 0 Å². The maximum Gasteiger partial charge on any atom is 0.310 e. The quantitative estimate of drug-likeness (QED) is 0.497. The summed E-state index contributed by atoms with van der Waals surface area (Å²) in [5.41, 5.74) is 0.522. The van der Waals surface area contributed by atoms with Crippen LogP contribution in [0.5, 0.6) is 0 Å². The van der Waals surface area contributed by atoms with Gasteiger partial charge in [-0.2, -0.15) is 14.6 Å². The second-order valence-electron chi connectivity index (χ2n) is 1.78. The molecule has 0 unspecified atom stereocenters. The molecular formula is C6H4FN3. The van der Waals surface area contributed by atoms with Gasteiger partial charge in [0.25, 0.3) is 0 Å². The SMILES string of the molecule is Cc1cc(C#N)nc(F)n1. The fraction of sp³-hybridized carbons (Fsp3) is 0.167. The number of halogens is 1. The number of hydrogen-bond donors (Lipinski definition) is 0. The maximum atomic E-state index is 12.2. The Hall–Kier alpha value is -1.50. The highest BCUT2D eigenvalue weighted by Crippen LogP contribution is 1.96. The molecule has 0 amide bonds. The molecule has 1 aromatic heterocycles. The first-order valence-corrected chi connectivity index (χ1v) is 2.63. The van der Waals surface area contributed by atoms with Crippen LogP contribution in [0.1, 0.15) is 11.4 Å².